The maximum absolute atomic E-state index is 12.3. The van der Waals surface area contributed by atoms with Crippen LogP contribution < -0.4 is 10.2 Å². The molecule has 3 heterocycles. The minimum absolute atomic E-state index is 0.0871. The number of nitrogens with zero attached hydrogens (tertiary/aromatic N) is 3. The van der Waals surface area contributed by atoms with Gasteiger partial charge in [-0.2, -0.15) is 0 Å². The van der Waals surface area contributed by atoms with Gasteiger partial charge in [0.25, 0.3) is 0 Å². The molecule has 1 N–H and O–H groups in total. The number of nitrogens with one attached hydrogen (secondary N) is 1. The molecule has 0 unspecified atom stereocenters. The van der Waals surface area contributed by atoms with E-state index in [-0.39, 0.29) is 11.9 Å². The van der Waals surface area contributed by atoms with Crippen molar-refractivity contribution in [3.05, 3.63) is 40.9 Å². The van der Waals surface area contributed by atoms with Gasteiger partial charge in [-0.3, -0.25) is 4.79 Å². The van der Waals surface area contributed by atoms with Gasteiger partial charge in [0.1, 0.15) is 11.6 Å². The molecule has 0 radical (unpaired) electrons. The van der Waals surface area contributed by atoms with Crippen molar-refractivity contribution in [1.82, 2.24) is 15.5 Å². The number of aromatic nitrogens is 2. The summed E-state index contributed by atoms with van der Waals surface area (Å²) in [5, 5.41) is 7.12. The second kappa shape index (κ2) is 7.68. The summed E-state index contributed by atoms with van der Waals surface area (Å²) in [4.78, 5) is 19.2. The molecule has 1 saturated heterocycles. The molecule has 1 aliphatic rings. The monoisotopic (exact) mass is 342 g/mol. The number of hydrogen-bond acceptors (Lipinski definition) is 5. The highest BCUT2D eigenvalue weighted by molar-refractivity contribution is 5.76. The minimum Gasteiger partial charge on any atom is -0.361 e. The smallest absolute Gasteiger partial charge is 0.220 e. The fourth-order valence-electron chi connectivity index (χ4n) is 3.41. The van der Waals surface area contributed by atoms with Crippen LogP contribution in [0.4, 0.5) is 5.82 Å². The summed E-state index contributed by atoms with van der Waals surface area (Å²) in [6.07, 6.45) is 3.20. The van der Waals surface area contributed by atoms with E-state index in [1.807, 2.05) is 39.0 Å². The second-order valence-electron chi connectivity index (χ2n) is 6.79. The molecular weight excluding hydrogens is 316 g/mol. The van der Waals surface area contributed by atoms with Crippen LogP contribution in [0.1, 0.15) is 42.0 Å². The van der Waals surface area contributed by atoms with E-state index in [1.165, 1.54) is 0 Å². The van der Waals surface area contributed by atoms with E-state index in [2.05, 4.69) is 20.4 Å². The first kappa shape index (κ1) is 17.5. The third kappa shape index (κ3) is 4.38. The van der Waals surface area contributed by atoms with Crippen LogP contribution in [-0.4, -0.2) is 35.2 Å². The predicted octanol–water partition coefficient (Wildman–Crippen LogP) is 2.71. The van der Waals surface area contributed by atoms with E-state index in [0.717, 1.165) is 54.5 Å². The molecule has 0 bridgehead atoms. The van der Waals surface area contributed by atoms with Crippen molar-refractivity contribution in [2.75, 3.05) is 18.0 Å². The van der Waals surface area contributed by atoms with Crippen LogP contribution in [0.15, 0.2) is 22.7 Å². The zero-order chi connectivity index (χ0) is 17.8. The average Bonchev–Trinajstić information content (AvgIpc) is 2.91. The lowest BCUT2D eigenvalue weighted by molar-refractivity contribution is -0.121. The summed E-state index contributed by atoms with van der Waals surface area (Å²) in [6, 6.07) is 6.24. The number of carbonyl (C=O) groups excluding carboxylic acids is 1. The Hall–Kier alpha value is -2.37. The van der Waals surface area contributed by atoms with Crippen molar-refractivity contribution >= 4 is 11.7 Å². The molecule has 0 spiro atoms. The molecule has 2 aromatic rings. The van der Waals surface area contributed by atoms with Crippen molar-refractivity contribution in [3.63, 3.8) is 0 Å². The van der Waals surface area contributed by atoms with Gasteiger partial charge < -0.3 is 14.7 Å². The lowest BCUT2D eigenvalue weighted by atomic mass is 10.0. The van der Waals surface area contributed by atoms with E-state index in [0.29, 0.717) is 12.8 Å². The van der Waals surface area contributed by atoms with Crippen molar-refractivity contribution < 1.29 is 9.32 Å². The van der Waals surface area contributed by atoms with Crippen LogP contribution in [0, 0.1) is 20.8 Å². The number of hydrogen-bond donors (Lipinski definition) is 1. The molecule has 0 aromatic carbocycles. The Morgan fingerprint density at radius 2 is 2.20 bits per heavy atom. The topological polar surface area (TPSA) is 71.3 Å². The van der Waals surface area contributed by atoms with E-state index < -0.39 is 0 Å². The Kier molecular flexibility index (Phi) is 5.36. The summed E-state index contributed by atoms with van der Waals surface area (Å²) >= 11 is 0. The minimum atomic E-state index is 0.0871. The number of pyridine rings is 1. The first-order valence-electron chi connectivity index (χ1n) is 8.92. The van der Waals surface area contributed by atoms with Gasteiger partial charge in [-0.25, -0.2) is 4.98 Å². The number of anilines is 1. The summed E-state index contributed by atoms with van der Waals surface area (Å²) in [6.45, 7) is 7.61. The molecule has 6 heteroatoms. The number of rotatable bonds is 5. The lowest BCUT2D eigenvalue weighted by Gasteiger charge is -2.34. The number of amides is 1. The molecule has 2 aromatic heterocycles. The van der Waals surface area contributed by atoms with E-state index in [1.54, 1.807) is 0 Å². The standard InChI is InChI=1S/C19H26N4O2/c1-13-6-4-8-18(20-13)23-11-5-7-16(12-23)21-19(24)10-9-17-14(2)22-25-15(17)3/h4,6,8,16H,5,7,9-12H2,1-3H3,(H,21,24)/t16-/m1/s1. The third-order valence-corrected chi connectivity index (χ3v) is 4.77. The Labute approximate surface area is 148 Å². The molecule has 0 saturated carbocycles. The Morgan fingerprint density at radius 1 is 1.36 bits per heavy atom. The second-order valence-corrected chi connectivity index (χ2v) is 6.79. The summed E-state index contributed by atoms with van der Waals surface area (Å²) in [7, 11) is 0. The fourth-order valence-corrected chi connectivity index (χ4v) is 3.41. The molecule has 1 fully saturated rings. The highest BCUT2D eigenvalue weighted by Gasteiger charge is 2.22. The van der Waals surface area contributed by atoms with Crippen LogP contribution in [0.25, 0.3) is 0 Å². The van der Waals surface area contributed by atoms with Gasteiger partial charge >= 0.3 is 0 Å². The Balaban J connectivity index is 1.53. The van der Waals surface area contributed by atoms with Crippen LogP contribution in [0.2, 0.25) is 0 Å². The van der Waals surface area contributed by atoms with Crippen molar-refractivity contribution in [1.29, 1.82) is 0 Å². The molecule has 0 aliphatic carbocycles. The quantitative estimate of drug-likeness (QED) is 0.904. The van der Waals surface area contributed by atoms with Crippen LogP contribution in [-0.2, 0) is 11.2 Å². The maximum atomic E-state index is 12.3. The van der Waals surface area contributed by atoms with Gasteiger partial charge in [-0.15, -0.1) is 0 Å². The summed E-state index contributed by atoms with van der Waals surface area (Å²) < 4.78 is 5.15. The van der Waals surface area contributed by atoms with Crippen molar-refractivity contribution in [2.45, 2.75) is 52.5 Å². The molecular formula is C19H26N4O2. The molecule has 1 aliphatic heterocycles. The molecule has 1 atom stereocenters. The molecule has 25 heavy (non-hydrogen) atoms. The average molecular weight is 342 g/mol. The Bertz CT molecular complexity index is 721. The number of carbonyl (C=O) groups is 1. The van der Waals surface area contributed by atoms with E-state index >= 15 is 0 Å². The highest BCUT2D eigenvalue weighted by atomic mass is 16.5. The lowest BCUT2D eigenvalue weighted by Crippen LogP contribution is -2.48. The zero-order valence-corrected chi connectivity index (χ0v) is 15.2. The van der Waals surface area contributed by atoms with Crippen LogP contribution >= 0.6 is 0 Å². The van der Waals surface area contributed by atoms with Gasteiger partial charge in [0.15, 0.2) is 0 Å². The van der Waals surface area contributed by atoms with Crippen molar-refractivity contribution in [2.24, 2.45) is 0 Å². The highest BCUT2D eigenvalue weighted by Crippen LogP contribution is 2.19. The molecule has 134 valence electrons. The Morgan fingerprint density at radius 3 is 2.92 bits per heavy atom. The van der Waals surface area contributed by atoms with Gasteiger partial charge in [0.05, 0.1) is 5.69 Å². The molecule has 6 nitrogen and oxygen atoms in total. The van der Waals surface area contributed by atoms with Gasteiger partial charge in [-0.05, 0) is 52.2 Å². The largest absolute Gasteiger partial charge is 0.361 e. The molecule has 3 rings (SSSR count). The van der Waals surface area contributed by atoms with Gasteiger partial charge in [-0.1, -0.05) is 11.2 Å². The predicted molar refractivity (Wildman–Crippen MR) is 96.6 cm³/mol. The molecule has 1 amide bonds. The normalized spacial score (nSPS) is 17.6. The maximum Gasteiger partial charge on any atom is 0.220 e. The first-order valence-corrected chi connectivity index (χ1v) is 8.92. The van der Waals surface area contributed by atoms with E-state index in [4.69, 9.17) is 4.52 Å². The SMILES string of the molecule is Cc1cccc(N2CCC[C@@H](NC(=O)CCc3c(C)noc3C)C2)n1. The van der Waals surface area contributed by atoms with Crippen LogP contribution in [0.3, 0.4) is 0 Å². The first-order chi connectivity index (χ1) is 12.0. The van der Waals surface area contributed by atoms with Crippen LogP contribution in [0.5, 0.6) is 0 Å². The number of aryl methyl sites for hydroxylation is 3. The number of piperidine rings is 1. The summed E-state index contributed by atoms with van der Waals surface area (Å²) in [5.41, 5.74) is 2.94. The fraction of sp³-hybridized carbons (Fsp3) is 0.526. The van der Waals surface area contributed by atoms with Gasteiger partial charge in [0, 0.05) is 36.8 Å². The van der Waals surface area contributed by atoms with Crippen molar-refractivity contribution in [3.8, 4) is 0 Å². The third-order valence-electron chi connectivity index (χ3n) is 4.77. The van der Waals surface area contributed by atoms with E-state index in [9.17, 15) is 4.79 Å². The summed E-state index contributed by atoms with van der Waals surface area (Å²) in [5.74, 6) is 1.89. The van der Waals surface area contributed by atoms with Gasteiger partial charge in [0.2, 0.25) is 5.91 Å². The zero-order valence-electron chi connectivity index (χ0n) is 15.2.